The molecule has 0 aliphatic carbocycles. The topological polar surface area (TPSA) is 86.1 Å². The Balaban J connectivity index is 1.71. The lowest BCUT2D eigenvalue weighted by Crippen LogP contribution is -2.35. The quantitative estimate of drug-likeness (QED) is 0.718. The Labute approximate surface area is 121 Å². The van der Waals surface area contributed by atoms with E-state index in [-0.39, 0.29) is 17.7 Å². The van der Waals surface area contributed by atoms with E-state index in [0.717, 1.165) is 5.39 Å². The van der Waals surface area contributed by atoms with Gasteiger partial charge in [-0.3, -0.25) is 4.79 Å². The first-order valence-electron chi connectivity index (χ1n) is 6.67. The van der Waals surface area contributed by atoms with Crippen LogP contribution in [0.4, 0.5) is 5.69 Å². The van der Waals surface area contributed by atoms with Crippen molar-refractivity contribution < 1.29 is 9.21 Å². The Morgan fingerprint density at radius 3 is 3.10 bits per heavy atom. The third kappa shape index (κ3) is 2.89. The van der Waals surface area contributed by atoms with E-state index in [1.165, 1.54) is 0 Å². The van der Waals surface area contributed by atoms with Gasteiger partial charge in [0.2, 0.25) is 0 Å². The number of hydrogen-bond donors (Lipinski definition) is 2. The average molecular weight is 284 g/mol. The number of anilines is 1. The number of carbonyl (C=O) groups is 1. The minimum absolute atomic E-state index is 0.0371. The Hall–Kier alpha value is -2.76. The zero-order valence-electron chi connectivity index (χ0n) is 11.6. The fourth-order valence-corrected chi connectivity index (χ4v) is 2.23. The van der Waals surface area contributed by atoms with Crippen LogP contribution in [0.1, 0.15) is 17.5 Å². The zero-order chi connectivity index (χ0) is 14.8. The molecule has 0 saturated heterocycles. The molecule has 6 nitrogen and oxygen atoms in total. The SMILES string of the molecule is CC(Cn1ccnc1)NC(=O)c1cc2cc(N)ccc2o1. The van der Waals surface area contributed by atoms with Gasteiger partial charge in [0.1, 0.15) is 5.58 Å². The predicted octanol–water partition coefficient (Wildman–Crippen LogP) is 2.03. The molecule has 0 aliphatic heterocycles. The monoisotopic (exact) mass is 284 g/mol. The van der Waals surface area contributed by atoms with E-state index in [1.54, 1.807) is 36.8 Å². The lowest BCUT2D eigenvalue weighted by atomic mass is 10.2. The van der Waals surface area contributed by atoms with Crippen LogP contribution in [0.2, 0.25) is 0 Å². The van der Waals surface area contributed by atoms with Crippen LogP contribution < -0.4 is 11.1 Å². The van der Waals surface area contributed by atoms with Crippen LogP contribution in [0.3, 0.4) is 0 Å². The largest absolute Gasteiger partial charge is 0.451 e. The van der Waals surface area contributed by atoms with Crippen LogP contribution in [0.25, 0.3) is 11.0 Å². The Morgan fingerprint density at radius 1 is 1.48 bits per heavy atom. The molecule has 2 aromatic heterocycles. The molecule has 0 radical (unpaired) electrons. The summed E-state index contributed by atoms with van der Waals surface area (Å²) in [5.74, 6) is 0.0467. The van der Waals surface area contributed by atoms with Crippen molar-refractivity contribution in [1.82, 2.24) is 14.9 Å². The van der Waals surface area contributed by atoms with Crippen molar-refractivity contribution in [1.29, 1.82) is 0 Å². The van der Waals surface area contributed by atoms with Crippen LogP contribution in [0, 0.1) is 0 Å². The predicted molar refractivity (Wildman–Crippen MR) is 79.8 cm³/mol. The van der Waals surface area contributed by atoms with Gasteiger partial charge < -0.3 is 20.0 Å². The Morgan fingerprint density at radius 2 is 2.33 bits per heavy atom. The summed E-state index contributed by atoms with van der Waals surface area (Å²) in [6, 6.07) is 6.95. The van der Waals surface area contributed by atoms with Crippen molar-refractivity contribution in [2.24, 2.45) is 0 Å². The summed E-state index contributed by atoms with van der Waals surface area (Å²) >= 11 is 0. The molecule has 0 bridgehead atoms. The van der Waals surface area contributed by atoms with Gasteiger partial charge in [0.15, 0.2) is 5.76 Å². The highest BCUT2D eigenvalue weighted by Gasteiger charge is 2.15. The van der Waals surface area contributed by atoms with Crippen LogP contribution >= 0.6 is 0 Å². The van der Waals surface area contributed by atoms with Gasteiger partial charge in [0, 0.05) is 36.1 Å². The van der Waals surface area contributed by atoms with E-state index < -0.39 is 0 Å². The third-order valence-corrected chi connectivity index (χ3v) is 3.19. The molecule has 0 aliphatic rings. The molecule has 3 rings (SSSR count). The van der Waals surface area contributed by atoms with Crippen molar-refractivity contribution in [2.75, 3.05) is 5.73 Å². The molecule has 21 heavy (non-hydrogen) atoms. The second-order valence-corrected chi connectivity index (χ2v) is 5.04. The van der Waals surface area contributed by atoms with Gasteiger partial charge in [-0.05, 0) is 31.2 Å². The molecular formula is C15H16N4O2. The number of nitrogen functional groups attached to an aromatic ring is 1. The van der Waals surface area contributed by atoms with Gasteiger partial charge in [-0.2, -0.15) is 0 Å². The highest BCUT2D eigenvalue weighted by molar-refractivity contribution is 5.96. The first kappa shape index (κ1) is 13.2. The molecule has 3 N–H and O–H groups in total. The molecule has 2 heterocycles. The highest BCUT2D eigenvalue weighted by Crippen LogP contribution is 2.21. The summed E-state index contributed by atoms with van der Waals surface area (Å²) < 4.78 is 7.44. The maximum Gasteiger partial charge on any atom is 0.287 e. The highest BCUT2D eigenvalue weighted by atomic mass is 16.3. The molecule has 1 aromatic carbocycles. The van der Waals surface area contributed by atoms with Gasteiger partial charge in [0.25, 0.3) is 5.91 Å². The molecule has 3 aromatic rings. The minimum atomic E-state index is -0.239. The molecule has 6 heteroatoms. The zero-order valence-corrected chi connectivity index (χ0v) is 11.6. The summed E-state index contributed by atoms with van der Waals surface area (Å²) in [5, 5.41) is 3.72. The lowest BCUT2D eigenvalue weighted by molar-refractivity contribution is 0.0911. The fraction of sp³-hybridized carbons (Fsp3) is 0.200. The first-order valence-corrected chi connectivity index (χ1v) is 6.67. The normalized spacial score (nSPS) is 12.4. The van der Waals surface area contributed by atoms with E-state index in [2.05, 4.69) is 10.3 Å². The number of nitrogens with zero attached hydrogens (tertiary/aromatic N) is 2. The maximum absolute atomic E-state index is 12.2. The molecule has 0 spiro atoms. The van der Waals surface area contributed by atoms with E-state index >= 15 is 0 Å². The summed E-state index contributed by atoms with van der Waals surface area (Å²) in [6.45, 7) is 2.58. The number of amides is 1. The van der Waals surface area contributed by atoms with Gasteiger partial charge in [-0.15, -0.1) is 0 Å². The first-order chi connectivity index (χ1) is 10.1. The number of benzene rings is 1. The van der Waals surface area contributed by atoms with Gasteiger partial charge in [-0.1, -0.05) is 0 Å². The molecule has 1 atom stereocenters. The molecule has 0 fully saturated rings. The van der Waals surface area contributed by atoms with Crippen LogP contribution in [-0.4, -0.2) is 21.5 Å². The lowest BCUT2D eigenvalue weighted by Gasteiger charge is -2.13. The molecule has 1 amide bonds. The van der Waals surface area contributed by atoms with E-state index in [0.29, 0.717) is 17.8 Å². The average Bonchev–Trinajstić information content (AvgIpc) is 3.06. The van der Waals surface area contributed by atoms with Crippen molar-refractivity contribution >= 4 is 22.6 Å². The van der Waals surface area contributed by atoms with E-state index in [1.807, 2.05) is 17.7 Å². The minimum Gasteiger partial charge on any atom is -0.451 e. The second kappa shape index (κ2) is 5.32. The Bertz CT molecular complexity index is 761. The summed E-state index contributed by atoms with van der Waals surface area (Å²) in [5.41, 5.74) is 7.01. The van der Waals surface area contributed by atoms with Crippen molar-refractivity contribution in [3.63, 3.8) is 0 Å². The van der Waals surface area contributed by atoms with Crippen LogP contribution in [0.5, 0.6) is 0 Å². The number of nitrogens with one attached hydrogen (secondary N) is 1. The summed E-state index contributed by atoms with van der Waals surface area (Å²) in [4.78, 5) is 16.1. The molecular weight excluding hydrogens is 268 g/mol. The van der Waals surface area contributed by atoms with Crippen molar-refractivity contribution in [2.45, 2.75) is 19.5 Å². The summed E-state index contributed by atoms with van der Waals surface area (Å²) in [7, 11) is 0. The van der Waals surface area contributed by atoms with Gasteiger partial charge >= 0.3 is 0 Å². The number of nitrogens with two attached hydrogens (primary N) is 1. The standard InChI is InChI=1S/C15H16N4O2/c1-10(8-19-5-4-17-9-19)18-15(20)14-7-11-6-12(16)2-3-13(11)21-14/h2-7,9-10H,8,16H2,1H3,(H,18,20). The third-order valence-electron chi connectivity index (χ3n) is 3.19. The van der Waals surface area contributed by atoms with Gasteiger partial charge in [0.05, 0.1) is 6.33 Å². The fourth-order valence-electron chi connectivity index (χ4n) is 2.23. The maximum atomic E-state index is 12.2. The van der Waals surface area contributed by atoms with E-state index in [4.69, 9.17) is 10.2 Å². The second-order valence-electron chi connectivity index (χ2n) is 5.04. The number of rotatable bonds is 4. The van der Waals surface area contributed by atoms with Crippen molar-refractivity contribution in [3.05, 3.63) is 48.7 Å². The van der Waals surface area contributed by atoms with Gasteiger partial charge in [-0.25, -0.2) is 4.98 Å². The van der Waals surface area contributed by atoms with Crippen molar-refractivity contribution in [3.8, 4) is 0 Å². The molecule has 0 saturated carbocycles. The smallest absolute Gasteiger partial charge is 0.287 e. The van der Waals surface area contributed by atoms with Crippen LogP contribution in [-0.2, 0) is 6.54 Å². The number of hydrogen-bond acceptors (Lipinski definition) is 4. The van der Waals surface area contributed by atoms with E-state index in [9.17, 15) is 4.79 Å². The molecule has 1 unspecified atom stereocenters. The number of aromatic nitrogens is 2. The van der Waals surface area contributed by atoms with Crippen LogP contribution in [0.15, 0.2) is 47.4 Å². The number of furan rings is 1. The number of fused-ring (bicyclic) bond motifs is 1. The number of carbonyl (C=O) groups excluding carboxylic acids is 1. The Kier molecular flexibility index (Phi) is 3.35. The summed E-state index contributed by atoms with van der Waals surface area (Å²) in [6.07, 6.45) is 5.28. The number of imidazole rings is 1. The molecule has 108 valence electrons.